The molecule has 0 spiro atoms. The predicted molar refractivity (Wildman–Crippen MR) is 173 cm³/mol. The second kappa shape index (κ2) is 14.7. The van der Waals surface area contributed by atoms with Crippen LogP contribution in [0.4, 0.5) is 10.7 Å². The van der Waals surface area contributed by atoms with Crippen molar-refractivity contribution in [1.29, 1.82) is 0 Å². The van der Waals surface area contributed by atoms with Crippen LogP contribution < -0.4 is 10.6 Å². The van der Waals surface area contributed by atoms with E-state index >= 15 is 0 Å². The number of fused-ring (bicyclic) bond motifs is 1. The summed E-state index contributed by atoms with van der Waals surface area (Å²) in [5, 5.41) is 15.4. The van der Waals surface area contributed by atoms with Gasteiger partial charge in [0.1, 0.15) is 10.3 Å². The maximum absolute atomic E-state index is 14.0. The SMILES string of the molecule is CCOC(=O)c1c(NC(=O)C(Sc2cccc(NC(=O)C3CC=CCC3C(=O)O)c2)c2ccccc2)sc2c1CCCCC2. The average molecular weight is 633 g/mol. The van der Waals surface area contributed by atoms with Gasteiger partial charge in [-0.05, 0) is 74.8 Å². The minimum atomic E-state index is -0.983. The van der Waals surface area contributed by atoms with Crippen LogP contribution in [0.5, 0.6) is 0 Å². The zero-order valence-corrected chi connectivity index (χ0v) is 26.2. The third-order valence-corrected chi connectivity index (χ3v) is 10.4. The fourth-order valence-electron chi connectivity index (χ4n) is 5.72. The summed E-state index contributed by atoms with van der Waals surface area (Å²) < 4.78 is 5.40. The van der Waals surface area contributed by atoms with Crippen molar-refractivity contribution in [3.8, 4) is 0 Å². The highest BCUT2D eigenvalue weighted by Gasteiger charge is 2.34. The molecule has 0 aliphatic heterocycles. The van der Waals surface area contributed by atoms with E-state index in [1.165, 1.54) is 23.1 Å². The molecule has 0 fully saturated rings. The van der Waals surface area contributed by atoms with Gasteiger partial charge in [-0.15, -0.1) is 23.1 Å². The van der Waals surface area contributed by atoms with Gasteiger partial charge in [-0.25, -0.2) is 4.79 Å². The number of ether oxygens (including phenoxy) is 1. The highest BCUT2D eigenvalue weighted by atomic mass is 32.2. The molecule has 3 aromatic rings. The van der Waals surface area contributed by atoms with Gasteiger partial charge in [-0.2, -0.15) is 0 Å². The first-order valence-corrected chi connectivity index (χ1v) is 16.7. The van der Waals surface area contributed by atoms with Gasteiger partial charge in [0.05, 0.1) is 24.0 Å². The first-order valence-electron chi connectivity index (χ1n) is 15.0. The van der Waals surface area contributed by atoms with Crippen molar-refractivity contribution in [3.05, 3.63) is 88.3 Å². The van der Waals surface area contributed by atoms with Crippen molar-refractivity contribution in [3.63, 3.8) is 0 Å². The van der Waals surface area contributed by atoms with Crippen molar-refractivity contribution in [2.75, 3.05) is 17.2 Å². The van der Waals surface area contributed by atoms with Crippen LogP contribution in [0.2, 0.25) is 0 Å². The number of carbonyl (C=O) groups is 4. The molecular weight excluding hydrogens is 597 g/mol. The molecule has 3 N–H and O–H groups in total. The Bertz CT molecular complexity index is 1550. The molecule has 8 nitrogen and oxygen atoms in total. The molecule has 0 saturated carbocycles. The van der Waals surface area contributed by atoms with Crippen molar-refractivity contribution in [2.45, 2.75) is 62.0 Å². The summed E-state index contributed by atoms with van der Waals surface area (Å²) >= 11 is 2.80. The molecule has 5 rings (SSSR count). The lowest BCUT2D eigenvalue weighted by molar-refractivity contribution is -0.146. The van der Waals surface area contributed by atoms with E-state index in [2.05, 4.69) is 10.6 Å². The first-order chi connectivity index (χ1) is 21.4. The van der Waals surface area contributed by atoms with Crippen molar-refractivity contribution in [2.24, 2.45) is 11.8 Å². The molecule has 230 valence electrons. The summed E-state index contributed by atoms with van der Waals surface area (Å²) in [5.74, 6) is -3.43. The highest BCUT2D eigenvalue weighted by molar-refractivity contribution is 8.00. The molecule has 0 radical (unpaired) electrons. The normalized spacial score (nSPS) is 18.4. The molecule has 10 heteroatoms. The Morgan fingerprint density at radius 3 is 2.45 bits per heavy atom. The number of carboxylic acids is 1. The number of esters is 1. The molecule has 3 atom stereocenters. The lowest BCUT2D eigenvalue weighted by atomic mass is 9.82. The van der Waals surface area contributed by atoms with E-state index in [4.69, 9.17) is 4.74 Å². The monoisotopic (exact) mass is 632 g/mol. The Kier molecular flexibility index (Phi) is 10.6. The average Bonchev–Trinajstić information content (AvgIpc) is 3.20. The van der Waals surface area contributed by atoms with Crippen molar-refractivity contribution in [1.82, 2.24) is 0 Å². The fourth-order valence-corrected chi connectivity index (χ4v) is 8.09. The van der Waals surface area contributed by atoms with E-state index in [9.17, 15) is 24.3 Å². The zero-order chi connectivity index (χ0) is 31.1. The number of hydrogen-bond donors (Lipinski definition) is 3. The summed E-state index contributed by atoms with van der Waals surface area (Å²) in [6.07, 6.45) is 9.15. The second-order valence-electron chi connectivity index (χ2n) is 10.9. The number of benzene rings is 2. The number of aryl methyl sites for hydroxylation is 1. The van der Waals surface area contributed by atoms with Gasteiger partial charge in [0.25, 0.3) is 0 Å². The van der Waals surface area contributed by atoms with Crippen LogP contribution in [0.1, 0.15) is 70.6 Å². The molecule has 0 saturated heterocycles. The summed E-state index contributed by atoms with van der Waals surface area (Å²) in [4.78, 5) is 53.7. The maximum Gasteiger partial charge on any atom is 0.341 e. The molecule has 2 aliphatic carbocycles. The van der Waals surface area contributed by atoms with E-state index in [0.29, 0.717) is 29.1 Å². The number of thioether (sulfide) groups is 1. The molecule has 2 aromatic carbocycles. The molecule has 1 heterocycles. The number of allylic oxidation sites excluding steroid dienone is 2. The lowest BCUT2D eigenvalue weighted by Crippen LogP contribution is -2.34. The Labute approximate surface area is 265 Å². The molecule has 0 bridgehead atoms. The van der Waals surface area contributed by atoms with Gasteiger partial charge < -0.3 is 20.5 Å². The lowest BCUT2D eigenvalue weighted by Gasteiger charge is -2.24. The van der Waals surface area contributed by atoms with Crippen LogP contribution in [0.25, 0.3) is 0 Å². The number of carboxylic acid groups (broad SMARTS) is 1. The number of aliphatic carboxylic acids is 1. The quantitative estimate of drug-likeness (QED) is 0.0930. The molecule has 2 aliphatic rings. The standard InChI is InChI=1S/C34H36N2O6S2/c1-2-42-34(41)28-26-18-7-4-8-19-27(26)44-32(28)36-31(38)29(21-12-5-3-6-13-21)43-23-15-11-14-22(20-23)35-30(37)24-16-9-10-17-25(24)33(39)40/h3,5-6,9-15,20,24-25,29H,2,4,7-8,16-19H2,1H3,(H,35,37)(H,36,38)(H,39,40). The minimum absolute atomic E-state index is 0.251. The Balaban J connectivity index is 1.38. The third kappa shape index (κ3) is 7.42. The first kappa shape index (κ1) is 31.5. The maximum atomic E-state index is 14.0. The van der Waals surface area contributed by atoms with Gasteiger partial charge in [0.2, 0.25) is 11.8 Å². The van der Waals surface area contributed by atoms with Crippen molar-refractivity contribution >= 4 is 57.5 Å². The summed E-state index contributed by atoms with van der Waals surface area (Å²) in [6.45, 7) is 2.02. The Morgan fingerprint density at radius 1 is 0.955 bits per heavy atom. The summed E-state index contributed by atoms with van der Waals surface area (Å²) in [6, 6.07) is 16.6. The van der Waals surface area contributed by atoms with E-state index < -0.39 is 29.0 Å². The highest BCUT2D eigenvalue weighted by Crippen LogP contribution is 2.41. The fraction of sp³-hybridized carbons (Fsp3) is 0.353. The number of anilines is 2. The van der Waals surface area contributed by atoms with Gasteiger partial charge >= 0.3 is 11.9 Å². The van der Waals surface area contributed by atoms with E-state index in [0.717, 1.165) is 53.0 Å². The van der Waals surface area contributed by atoms with Crippen LogP contribution in [0, 0.1) is 11.8 Å². The number of hydrogen-bond acceptors (Lipinski definition) is 7. The van der Waals surface area contributed by atoms with Gasteiger partial charge in [-0.3, -0.25) is 14.4 Å². The topological polar surface area (TPSA) is 122 Å². The largest absolute Gasteiger partial charge is 0.481 e. The smallest absolute Gasteiger partial charge is 0.341 e. The predicted octanol–water partition coefficient (Wildman–Crippen LogP) is 7.27. The molecular formula is C34H36N2O6S2. The summed E-state index contributed by atoms with van der Waals surface area (Å²) in [5.41, 5.74) is 2.78. The molecule has 44 heavy (non-hydrogen) atoms. The third-order valence-electron chi connectivity index (χ3n) is 7.92. The van der Waals surface area contributed by atoms with Gasteiger partial charge in [0, 0.05) is 15.5 Å². The number of rotatable bonds is 10. The number of thiophene rings is 1. The van der Waals surface area contributed by atoms with Gasteiger partial charge in [-0.1, -0.05) is 55.0 Å². The van der Waals surface area contributed by atoms with Crippen molar-refractivity contribution < 1.29 is 29.0 Å². The van der Waals surface area contributed by atoms with E-state index in [-0.39, 0.29) is 18.4 Å². The van der Waals surface area contributed by atoms with Crippen LogP contribution in [0.15, 0.2) is 71.6 Å². The Hall–Kier alpha value is -3.89. The Morgan fingerprint density at radius 2 is 1.70 bits per heavy atom. The molecule has 3 unspecified atom stereocenters. The number of nitrogens with one attached hydrogen (secondary N) is 2. The minimum Gasteiger partial charge on any atom is -0.481 e. The summed E-state index contributed by atoms with van der Waals surface area (Å²) in [7, 11) is 0. The van der Waals surface area contributed by atoms with E-state index in [1.807, 2.05) is 42.5 Å². The van der Waals surface area contributed by atoms with Crippen LogP contribution >= 0.6 is 23.1 Å². The zero-order valence-electron chi connectivity index (χ0n) is 24.5. The molecule has 1 aromatic heterocycles. The number of carbonyl (C=O) groups excluding carboxylic acids is 3. The van der Waals surface area contributed by atoms with Crippen LogP contribution in [-0.2, 0) is 32.0 Å². The van der Waals surface area contributed by atoms with Crippen LogP contribution in [0.3, 0.4) is 0 Å². The second-order valence-corrected chi connectivity index (χ2v) is 13.2. The van der Waals surface area contributed by atoms with E-state index in [1.54, 1.807) is 31.2 Å². The van der Waals surface area contributed by atoms with Gasteiger partial charge in [0.15, 0.2) is 0 Å². The van der Waals surface area contributed by atoms with Crippen LogP contribution in [-0.4, -0.2) is 35.5 Å². The number of amides is 2. The molecule has 2 amide bonds.